The van der Waals surface area contributed by atoms with Gasteiger partial charge in [-0.15, -0.1) is 11.3 Å². The number of halogens is 2. The van der Waals surface area contributed by atoms with Gasteiger partial charge in [0, 0.05) is 57.0 Å². The number of anilines is 1. The smallest absolute Gasteiger partial charge is 0.337 e. The molecule has 3 aromatic carbocycles. The molecule has 0 atom stereocenters. The van der Waals surface area contributed by atoms with Gasteiger partial charge in [0.15, 0.2) is 0 Å². The van der Waals surface area contributed by atoms with Crippen LogP contribution < -0.4 is 21.9 Å². The van der Waals surface area contributed by atoms with E-state index in [1.807, 2.05) is 18.9 Å². The average Bonchev–Trinajstić information content (AvgIpc) is 3.46. The second-order valence-corrected chi connectivity index (χ2v) is 13.2. The van der Waals surface area contributed by atoms with Gasteiger partial charge in [-0.2, -0.15) is 0 Å². The van der Waals surface area contributed by atoms with Gasteiger partial charge in [0.1, 0.15) is 16.5 Å². The van der Waals surface area contributed by atoms with Crippen LogP contribution in [0.25, 0.3) is 26.3 Å². The fourth-order valence-corrected chi connectivity index (χ4v) is 6.90. The van der Waals surface area contributed by atoms with E-state index in [2.05, 4.69) is 10.6 Å². The molecule has 268 valence electrons. The third-order valence-corrected chi connectivity index (χ3v) is 9.65. The normalized spacial score (nSPS) is 11.3. The number of aromatic nitrogens is 2. The van der Waals surface area contributed by atoms with Crippen molar-refractivity contribution in [3.63, 3.8) is 0 Å². The maximum Gasteiger partial charge on any atom is 0.337 e. The molecule has 0 aliphatic rings. The van der Waals surface area contributed by atoms with Gasteiger partial charge in [-0.1, -0.05) is 30.3 Å². The highest BCUT2D eigenvalue weighted by atomic mass is 32.1. The second-order valence-electron chi connectivity index (χ2n) is 12.2. The van der Waals surface area contributed by atoms with Crippen molar-refractivity contribution >= 4 is 39.2 Å². The summed E-state index contributed by atoms with van der Waals surface area (Å²) >= 11 is 1.18. The van der Waals surface area contributed by atoms with E-state index in [0.717, 1.165) is 16.7 Å². The molecular weight excluding hydrogens is 679 g/mol. The predicted octanol–water partition coefficient (Wildman–Crippen LogP) is 5.06. The van der Waals surface area contributed by atoms with Crippen molar-refractivity contribution in [3.05, 3.63) is 116 Å². The van der Waals surface area contributed by atoms with Gasteiger partial charge < -0.3 is 20.3 Å². The number of benzene rings is 3. The predicted molar refractivity (Wildman–Crippen MR) is 196 cm³/mol. The lowest BCUT2D eigenvalue weighted by atomic mass is 10.1. The van der Waals surface area contributed by atoms with Crippen molar-refractivity contribution in [1.82, 2.24) is 24.3 Å². The van der Waals surface area contributed by atoms with Gasteiger partial charge in [-0.3, -0.25) is 19.1 Å². The van der Waals surface area contributed by atoms with Crippen LogP contribution in [0.1, 0.15) is 23.6 Å². The number of amides is 3. The summed E-state index contributed by atoms with van der Waals surface area (Å²) in [6.45, 7) is 3.04. The Morgan fingerprint density at radius 3 is 2.20 bits per heavy atom. The van der Waals surface area contributed by atoms with Gasteiger partial charge in [-0.25, -0.2) is 22.9 Å². The number of hydrogen-bond donors (Lipinski definition) is 2. The van der Waals surface area contributed by atoms with Crippen LogP contribution in [0.4, 0.5) is 19.3 Å². The molecule has 0 spiro atoms. The highest BCUT2D eigenvalue weighted by Gasteiger charge is 2.26. The SMILES string of the molecule is CCNC(=O)Nc1ccc(-c2sc3c(c2CN(C)CCOC)c(=O)n(-c2ccc(CC(=O)N(C)C)cc2)c(=O)n3Cc2c(F)cccc2F)cc1. The van der Waals surface area contributed by atoms with Gasteiger partial charge in [0.2, 0.25) is 5.91 Å². The number of ether oxygens (including phenoxy) is 1. The van der Waals surface area contributed by atoms with Crippen LogP contribution in [-0.4, -0.2) is 78.8 Å². The third-order valence-electron chi connectivity index (χ3n) is 8.35. The Kier molecular flexibility index (Phi) is 11.8. The monoisotopic (exact) mass is 718 g/mol. The Morgan fingerprint density at radius 1 is 0.922 bits per heavy atom. The number of carbonyl (C=O) groups is 2. The summed E-state index contributed by atoms with van der Waals surface area (Å²) in [4.78, 5) is 57.8. The highest BCUT2D eigenvalue weighted by molar-refractivity contribution is 7.22. The first-order chi connectivity index (χ1) is 24.4. The lowest BCUT2D eigenvalue weighted by Crippen LogP contribution is -2.39. The summed E-state index contributed by atoms with van der Waals surface area (Å²) in [7, 11) is 6.78. The number of likely N-dealkylation sites (N-methyl/N-ethyl adjacent to an activating group) is 2. The van der Waals surface area contributed by atoms with Crippen molar-refractivity contribution in [2.75, 3.05) is 53.3 Å². The van der Waals surface area contributed by atoms with Crippen molar-refractivity contribution in [2.24, 2.45) is 0 Å². The molecule has 2 N–H and O–H groups in total. The number of nitrogens with one attached hydrogen (secondary N) is 2. The van der Waals surface area contributed by atoms with Crippen LogP contribution in [-0.2, 0) is 29.0 Å². The zero-order valence-electron chi connectivity index (χ0n) is 29.1. The fraction of sp³-hybridized carbons (Fsp3) is 0.297. The van der Waals surface area contributed by atoms with Crippen molar-refractivity contribution < 1.29 is 23.1 Å². The molecule has 0 aliphatic carbocycles. The summed E-state index contributed by atoms with van der Waals surface area (Å²) in [6.07, 6.45) is 0.126. The van der Waals surface area contributed by atoms with Crippen molar-refractivity contribution in [2.45, 2.75) is 26.4 Å². The molecule has 0 radical (unpaired) electrons. The van der Waals surface area contributed by atoms with Crippen LogP contribution in [0, 0.1) is 11.6 Å². The van der Waals surface area contributed by atoms with E-state index in [1.165, 1.54) is 26.9 Å². The summed E-state index contributed by atoms with van der Waals surface area (Å²) in [5, 5.41) is 5.68. The van der Waals surface area contributed by atoms with Crippen molar-refractivity contribution in [1.29, 1.82) is 0 Å². The Bertz CT molecular complexity index is 2140. The highest BCUT2D eigenvalue weighted by Crippen LogP contribution is 2.38. The molecule has 0 bridgehead atoms. The standard InChI is InChI=1S/C37H40F2N6O5S/c1-6-40-36(48)41-25-14-12-24(13-15-25)33-28(21-43(4)18-19-50-5)32-34(47)45(26-16-10-23(11-17-26)20-31(46)42(2)3)37(49)44(35(32)51-33)22-27-29(38)8-7-9-30(27)39/h7-17H,6,18-22H2,1-5H3,(H2,40,41,48). The topological polar surface area (TPSA) is 118 Å². The molecule has 51 heavy (non-hydrogen) atoms. The number of nitrogens with zero attached hydrogens (tertiary/aromatic N) is 4. The van der Waals surface area contributed by atoms with Crippen molar-refractivity contribution in [3.8, 4) is 16.1 Å². The molecule has 0 saturated carbocycles. The maximum atomic E-state index is 15.1. The number of urea groups is 1. The van der Waals surface area contributed by atoms with Crippen LogP contribution in [0.15, 0.2) is 76.3 Å². The van der Waals surface area contributed by atoms with Crippen LogP contribution >= 0.6 is 11.3 Å². The first-order valence-electron chi connectivity index (χ1n) is 16.3. The van der Waals surface area contributed by atoms with E-state index in [-0.39, 0.29) is 46.4 Å². The molecule has 2 aromatic heterocycles. The Morgan fingerprint density at radius 2 is 1.59 bits per heavy atom. The van der Waals surface area contributed by atoms with E-state index >= 15 is 8.78 Å². The van der Waals surface area contributed by atoms with Crippen LogP contribution in [0.2, 0.25) is 0 Å². The first-order valence-corrected chi connectivity index (χ1v) is 17.1. The molecule has 0 fully saturated rings. The first kappa shape index (κ1) is 37.1. The molecule has 0 unspecified atom stereocenters. The van der Waals surface area contributed by atoms with E-state index in [1.54, 1.807) is 69.7 Å². The molecule has 0 saturated heterocycles. The number of hydrogen-bond acceptors (Lipinski definition) is 7. The Balaban J connectivity index is 1.76. The summed E-state index contributed by atoms with van der Waals surface area (Å²) < 4.78 is 37.7. The van der Waals surface area contributed by atoms with Crippen LogP contribution in [0.3, 0.4) is 0 Å². The minimum atomic E-state index is -0.825. The number of thiophene rings is 1. The summed E-state index contributed by atoms with van der Waals surface area (Å²) in [5.41, 5.74) is 1.11. The van der Waals surface area contributed by atoms with Gasteiger partial charge in [0.05, 0.1) is 30.6 Å². The largest absolute Gasteiger partial charge is 0.383 e. The number of fused-ring (bicyclic) bond motifs is 1. The molecule has 3 amide bonds. The van der Waals surface area contributed by atoms with E-state index in [0.29, 0.717) is 47.0 Å². The lowest BCUT2D eigenvalue weighted by Gasteiger charge is -2.18. The molecular formula is C37H40F2N6O5S. The van der Waals surface area contributed by atoms with E-state index < -0.39 is 29.4 Å². The summed E-state index contributed by atoms with van der Waals surface area (Å²) in [6, 6.07) is 16.7. The van der Waals surface area contributed by atoms with E-state index in [9.17, 15) is 19.2 Å². The van der Waals surface area contributed by atoms with Gasteiger partial charge in [-0.05, 0) is 67.1 Å². The van der Waals surface area contributed by atoms with Gasteiger partial charge >= 0.3 is 11.7 Å². The Hall–Kier alpha value is -5.18. The maximum absolute atomic E-state index is 15.1. The lowest BCUT2D eigenvalue weighted by molar-refractivity contribution is -0.127. The number of rotatable bonds is 13. The third kappa shape index (κ3) is 8.25. The zero-order valence-corrected chi connectivity index (χ0v) is 29.9. The Labute approximate surface area is 297 Å². The zero-order chi connectivity index (χ0) is 36.8. The van der Waals surface area contributed by atoms with Crippen LogP contribution in [0.5, 0.6) is 0 Å². The fourth-order valence-electron chi connectivity index (χ4n) is 5.59. The van der Waals surface area contributed by atoms with Gasteiger partial charge in [0.25, 0.3) is 5.56 Å². The molecule has 0 aliphatic heterocycles. The average molecular weight is 719 g/mol. The van der Waals surface area contributed by atoms with E-state index in [4.69, 9.17) is 4.74 Å². The summed E-state index contributed by atoms with van der Waals surface area (Å²) in [5.74, 6) is -1.76. The molecule has 11 nitrogen and oxygen atoms in total. The minimum absolute atomic E-state index is 0.114. The molecule has 5 rings (SSSR count). The molecule has 5 aromatic rings. The number of carbonyl (C=O) groups excluding carboxylic acids is 2. The minimum Gasteiger partial charge on any atom is -0.383 e. The molecule has 2 heterocycles. The quantitative estimate of drug-likeness (QED) is 0.176. The second kappa shape index (κ2) is 16.2. The molecule has 14 heteroatoms. The number of methoxy groups -OCH3 is 1.